The van der Waals surface area contributed by atoms with Crippen LogP contribution < -0.4 is 0 Å². The van der Waals surface area contributed by atoms with Crippen LogP contribution in [0.2, 0.25) is 0 Å². The molecule has 0 unspecified atom stereocenters. The van der Waals surface area contributed by atoms with E-state index in [9.17, 15) is 8.42 Å². The Morgan fingerprint density at radius 1 is 1.16 bits per heavy atom. The van der Waals surface area contributed by atoms with E-state index in [1.807, 2.05) is 0 Å². The van der Waals surface area contributed by atoms with Gasteiger partial charge in [-0.05, 0) is 65.2 Å². The molecule has 114 valence electrons. The van der Waals surface area contributed by atoms with Crippen LogP contribution in [-0.4, -0.2) is 30.1 Å². The van der Waals surface area contributed by atoms with Gasteiger partial charge >= 0.3 is 0 Å². The van der Waals surface area contributed by atoms with E-state index in [0.717, 1.165) is 12.8 Å². The smallest absolute Gasteiger partial charge is 0.212 e. The van der Waals surface area contributed by atoms with Crippen molar-refractivity contribution in [2.24, 2.45) is 11.8 Å². The van der Waals surface area contributed by atoms with E-state index < -0.39 is 10.0 Å². The summed E-state index contributed by atoms with van der Waals surface area (Å²) in [4.78, 5) is 0. The lowest BCUT2D eigenvalue weighted by molar-refractivity contribution is 0.194. The zero-order valence-corrected chi connectivity index (χ0v) is 14.3. The molecule has 0 radical (unpaired) electrons. The first-order valence-corrected chi connectivity index (χ1v) is 9.09. The van der Waals surface area contributed by atoms with Crippen LogP contribution in [0.25, 0.3) is 0 Å². The van der Waals surface area contributed by atoms with Crippen molar-refractivity contribution in [3.8, 4) is 0 Å². The molecule has 0 bridgehead atoms. The van der Waals surface area contributed by atoms with Crippen LogP contribution in [0, 0.1) is 11.8 Å². The highest BCUT2D eigenvalue weighted by Crippen LogP contribution is 2.36. The van der Waals surface area contributed by atoms with E-state index in [1.165, 1.54) is 12.8 Å². The molecule has 1 aliphatic rings. The molecule has 0 aromatic carbocycles. The summed E-state index contributed by atoms with van der Waals surface area (Å²) in [6, 6.07) is 0. The van der Waals surface area contributed by atoms with Crippen LogP contribution >= 0.6 is 0 Å². The average Bonchev–Trinajstić information content (AvgIpc) is 3.06. The predicted octanol–water partition coefficient (Wildman–Crippen LogP) is 3.65. The average molecular weight is 289 g/mol. The molecule has 0 aromatic rings. The molecular weight excluding hydrogens is 258 g/mol. The summed E-state index contributed by atoms with van der Waals surface area (Å²) in [5, 5.41) is -0.329. The Morgan fingerprint density at radius 2 is 1.68 bits per heavy atom. The second-order valence-corrected chi connectivity index (χ2v) is 9.73. The lowest BCUT2D eigenvalue weighted by Gasteiger charge is -2.39. The third-order valence-electron chi connectivity index (χ3n) is 4.03. The van der Waals surface area contributed by atoms with Crippen LogP contribution in [0.3, 0.4) is 0 Å². The van der Waals surface area contributed by atoms with Gasteiger partial charge in [0.25, 0.3) is 0 Å². The Morgan fingerprint density at radius 3 is 2.05 bits per heavy atom. The molecule has 1 saturated carbocycles. The van der Waals surface area contributed by atoms with Crippen LogP contribution in [0.4, 0.5) is 0 Å². The lowest BCUT2D eigenvalue weighted by atomic mass is 9.93. The summed E-state index contributed by atoms with van der Waals surface area (Å²) in [6.07, 6.45) is 4.37. The van der Waals surface area contributed by atoms with Crippen molar-refractivity contribution in [1.82, 2.24) is 4.31 Å². The summed E-state index contributed by atoms with van der Waals surface area (Å²) in [7, 11) is -3.17. The number of hydrogen-bond acceptors (Lipinski definition) is 2. The maximum Gasteiger partial charge on any atom is 0.216 e. The SMILES string of the molecule is CC(C)CCC(C)(C)N(CC1CC1)S(=O)(=O)C(C)C. The quantitative estimate of drug-likeness (QED) is 0.684. The zero-order valence-electron chi connectivity index (χ0n) is 13.4. The Labute approximate surface area is 119 Å². The van der Waals surface area contributed by atoms with Gasteiger partial charge in [0.15, 0.2) is 0 Å². The summed E-state index contributed by atoms with van der Waals surface area (Å²) in [5.41, 5.74) is -0.268. The van der Waals surface area contributed by atoms with Gasteiger partial charge in [0.1, 0.15) is 0 Å². The van der Waals surface area contributed by atoms with Gasteiger partial charge in [-0.2, -0.15) is 4.31 Å². The van der Waals surface area contributed by atoms with Crippen molar-refractivity contribution in [3.63, 3.8) is 0 Å². The van der Waals surface area contributed by atoms with Crippen molar-refractivity contribution in [1.29, 1.82) is 0 Å². The maximum atomic E-state index is 12.6. The van der Waals surface area contributed by atoms with Gasteiger partial charge in [0, 0.05) is 12.1 Å². The van der Waals surface area contributed by atoms with Gasteiger partial charge in [-0.15, -0.1) is 0 Å². The van der Waals surface area contributed by atoms with Gasteiger partial charge in [0.2, 0.25) is 10.0 Å². The maximum absolute atomic E-state index is 12.6. The third kappa shape index (κ3) is 4.75. The minimum absolute atomic E-state index is 0.268. The molecule has 19 heavy (non-hydrogen) atoms. The summed E-state index contributed by atoms with van der Waals surface area (Å²) in [6.45, 7) is 12.8. The standard InChI is InChI=1S/C15H31NO2S/c1-12(2)9-10-15(5,6)16(11-14-7-8-14)19(17,18)13(3)4/h12-14H,7-11H2,1-6H3. The summed E-state index contributed by atoms with van der Waals surface area (Å²) in [5.74, 6) is 1.20. The van der Waals surface area contributed by atoms with E-state index >= 15 is 0 Å². The first kappa shape index (κ1) is 17.0. The Balaban J connectivity index is 2.88. The molecule has 1 aliphatic carbocycles. The summed E-state index contributed by atoms with van der Waals surface area (Å²) < 4.78 is 27.0. The first-order chi connectivity index (χ1) is 8.57. The Hall–Kier alpha value is -0.0900. The van der Waals surface area contributed by atoms with Crippen molar-refractivity contribution in [2.75, 3.05) is 6.54 Å². The molecule has 3 nitrogen and oxygen atoms in total. The number of sulfonamides is 1. The van der Waals surface area contributed by atoms with Crippen molar-refractivity contribution < 1.29 is 8.42 Å². The van der Waals surface area contributed by atoms with E-state index in [1.54, 1.807) is 18.2 Å². The van der Waals surface area contributed by atoms with Gasteiger partial charge in [-0.3, -0.25) is 0 Å². The molecule has 0 aromatic heterocycles. The number of hydrogen-bond donors (Lipinski definition) is 0. The van der Waals surface area contributed by atoms with E-state index in [4.69, 9.17) is 0 Å². The fourth-order valence-corrected chi connectivity index (χ4v) is 3.96. The fourth-order valence-electron chi connectivity index (χ4n) is 2.25. The molecule has 0 aliphatic heterocycles. The highest BCUT2D eigenvalue weighted by Gasteiger charge is 2.40. The molecule has 4 heteroatoms. The zero-order chi connectivity index (χ0) is 14.8. The second kappa shape index (κ2) is 6.13. The minimum Gasteiger partial charge on any atom is -0.212 e. The molecule has 0 amide bonds. The highest BCUT2D eigenvalue weighted by molar-refractivity contribution is 7.89. The molecule has 0 atom stereocenters. The molecule has 0 spiro atoms. The Kier molecular flexibility index (Phi) is 5.47. The van der Waals surface area contributed by atoms with Crippen LogP contribution in [0.15, 0.2) is 0 Å². The second-order valence-electron chi connectivity index (χ2n) is 7.31. The van der Waals surface area contributed by atoms with E-state index in [0.29, 0.717) is 18.4 Å². The van der Waals surface area contributed by atoms with Crippen LogP contribution in [0.1, 0.15) is 67.2 Å². The van der Waals surface area contributed by atoms with Gasteiger partial charge < -0.3 is 0 Å². The van der Waals surface area contributed by atoms with Crippen LogP contribution in [-0.2, 0) is 10.0 Å². The minimum atomic E-state index is -3.17. The van der Waals surface area contributed by atoms with Crippen molar-refractivity contribution in [3.05, 3.63) is 0 Å². The largest absolute Gasteiger partial charge is 0.216 e. The molecule has 1 fully saturated rings. The van der Waals surface area contributed by atoms with Crippen molar-refractivity contribution >= 4 is 10.0 Å². The topological polar surface area (TPSA) is 37.4 Å². The van der Waals surface area contributed by atoms with E-state index in [-0.39, 0.29) is 10.8 Å². The predicted molar refractivity (Wildman–Crippen MR) is 81.6 cm³/mol. The first-order valence-electron chi connectivity index (χ1n) is 7.59. The van der Waals surface area contributed by atoms with Gasteiger partial charge in [-0.25, -0.2) is 8.42 Å². The number of nitrogens with zero attached hydrogens (tertiary/aromatic N) is 1. The molecule has 0 saturated heterocycles. The van der Waals surface area contributed by atoms with Gasteiger partial charge in [-0.1, -0.05) is 13.8 Å². The third-order valence-corrected chi connectivity index (χ3v) is 6.48. The molecule has 0 N–H and O–H groups in total. The Bertz CT molecular complexity index is 381. The normalized spacial score (nSPS) is 17.7. The van der Waals surface area contributed by atoms with Gasteiger partial charge in [0.05, 0.1) is 5.25 Å². The lowest BCUT2D eigenvalue weighted by Crippen LogP contribution is -2.51. The number of rotatable bonds is 8. The monoisotopic (exact) mass is 289 g/mol. The molecule has 0 heterocycles. The summed E-state index contributed by atoms with van der Waals surface area (Å²) >= 11 is 0. The fraction of sp³-hybridized carbons (Fsp3) is 1.00. The molecular formula is C15H31NO2S. The highest BCUT2D eigenvalue weighted by atomic mass is 32.2. The van der Waals surface area contributed by atoms with Crippen LogP contribution in [0.5, 0.6) is 0 Å². The molecule has 1 rings (SSSR count). The van der Waals surface area contributed by atoms with Crippen molar-refractivity contribution in [2.45, 2.75) is 78.0 Å². The van der Waals surface area contributed by atoms with E-state index in [2.05, 4.69) is 27.7 Å².